The summed E-state index contributed by atoms with van der Waals surface area (Å²) in [5.74, 6) is -0.505. The Balaban J connectivity index is 1.53. The van der Waals surface area contributed by atoms with E-state index in [1.807, 2.05) is 42.1 Å². The normalized spacial score (nSPS) is 12.3. The van der Waals surface area contributed by atoms with Crippen LogP contribution < -0.4 is 5.32 Å². The number of fused-ring (bicyclic) bond motifs is 1. The Hall–Kier alpha value is -2.66. The highest BCUT2D eigenvalue weighted by Crippen LogP contribution is 2.20. The highest BCUT2D eigenvalue weighted by Gasteiger charge is 2.11. The molecule has 1 heterocycles. The number of aliphatic hydroxyl groups is 1. The molecule has 0 aliphatic heterocycles. The molecule has 3 rings (SSSR count). The fourth-order valence-electron chi connectivity index (χ4n) is 2.87. The second-order valence-corrected chi connectivity index (χ2v) is 6.16. The van der Waals surface area contributed by atoms with Gasteiger partial charge in [0.1, 0.15) is 5.82 Å². The van der Waals surface area contributed by atoms with Gasteiger partial charge in [0.25, 0.3) is 0 Å². The van der Waals surface area contributed by atoms with Gasteiger partial charge in [-0.25, -0.2) is 4.39 Å². The molecule has 0 saturated carbocycles. The zero-order valence-electron chi connectivity index (χ0n) is 14.1. The van der Waals surface area contributed by atoms with Gasteiger partial charge in [-0.05, 0) is 47.2 Å². The van der Waals surface area contributed by atoms with Crippen LogP contribution >= 0.6 is 0 Å². The van der Waals surface area contributed by atoms with Gasteiger partial charge in [-0.3, -0.25) is 4.79 Å². The lowest BCUT2D eigenvalue weighted by Gasteiger charge is -2.13. The van der Waals surface area contributed by atoms with E-state index >= 15 is 0 Å². The van der Waals surface area contributed by atoms with E-state index < -0.39 is 6.10 Å². The van der Waals surface area contributed by atoms with Gasteiger partial charge >= 0.3 is 0 Å². The van der Waals surface area contributed by atoms with Crippen LogP contribution in [0.4, 0.5) is 4.39 Å². The van der Waals surface area contributed by atoms with Crippen molar-refractivity contribution >= 4 is 16.8 Å². The van der Waals surface area contributed by atoms with Gasteiger partial charge < -0.3 is 15.0 Å². The summed E-state index contributed by atoms with van der Waals surface area (Å²) < 4.78 is 15.5. The predicted octanol–water partition coefficient (Wildman–Crippen LogP) is 3.10. The molecule has 1 atom stereocenters. The predicted molar refractivity (Wildman–Crippen MR) is 95.6 cm³/mol. The number of hydrogen-bond acceptors (Lipinski definition) is 2. The van der Waals surface area contributed by atoms with E-state index in [9.17, 15) is 14.3 Å². The topological polar surface area (TPSA) is 54.3 Å². The SMILES string of the molecule is Cn1ccc2cc([C@@H](O)CNC(=O)CCc3ccccc3F)ccc21. The molecule has 1 aromatic heterocycles. The molecule has 0 radical (unpaired) electrons. The Morgan fingerprint density at radius 3 is 2.84 bits per heavy atom. The van der Waals surface area contributed by atoms with Crippen molar-refractivity contribution < 1.29 is 14.3 Å². The maximum absolute atomic E-state index is 13.5. The van der Waals surface area contributed by atoms with Crippen LogP contribution in [0.3, 0.4) is 0 Å². The molecule has 0 unspecified atom stereocenters. The standard InChI is InChI=1S/C20H21FN2O2/c1-23-11-10-15-12-16(6-8-18(15)23)19(24)13-22-20(25)9-7-14-4-2-3-5-17(14)21/h2-6,8,10-12,19,24H,7,9,13H2,1H3,(H,22,25)/t19-/m0/s1. The Morgan fingerprint density at radius 2 is 2.04 bits per heavy atom. The molecule has 0 bridgehead atoms. The number of benzene rings is 2. The first-order valence-electron chi connectivity index (χ1n) is 8.28. The minimum Gasteiger partial charge on any atom is -0.387 e. The summed E-state index contributed by atoms with van der Waals surface area (Å²) in [5.41, 5.74) is 2.37. The van der Waals surface area contributed by atoms with Crippen molar-refractivity contribution in [1.82, 2.24) is 9.88 Å². The largest absolute Gasteiger partial charge is 0.387 e. The molecule has 25 heavy (non-hydrogen) atoms. The Bertz CT molecular complexity index is 888. The van der Waals surface area contributed by atoms with Crippen molar-refractivity contribution in [3.63, 3.8) is 0 Å². The Morgan fingerprint density at radius 1 is 1.24 bits per heavy atom. The third-order valence-corrected chi connectivity index (χ3v) is 4.37. The van der Waals surface area contributed by atoms with E-state index in [2.05, 4.69) is 5.32 Å². The van der Waals surface area contributed by atoms with E-state index in [4.69, 9.17) is 0 Å². The average Bonchev–Trinajstić information content (AvgIpc) is 2.99. The highest BCUT2D eigenvalue weighted by molar-refractivity contribution is 5.81. The first kappa shape index (κ1) is 17.2. The van der Waals surface area contributed by atoms with E-state index in [0.29, 0.717) is 12.0 Å². The van der Waals surface area contributed by atoms with Gasteiger partial charge in [-0.15, -0.1) is 0 Å². The number of rotatable bonds is 6. The molecular weight excluding hydrogens is 319 g/mol. The molecule has 2 aromatic carbocycles. The first-order chi connectivity index (χ1) is 12.0. The van der Waals surface area contributed by atoms with Crippen LogP contribution in [0.1, 0.15) is 23.7 Å². The summed E-state index contributed by atoms with van der Waals surface area (Å²) in [5, 5.41) is 14.0. The molecule has 4 nitrogen and oxygen atoms in total. The fourth-order valence-corrected chi connectivity index (χ4v) is 2.87. The molecule has 0 fully saturated rings. The molecule has 2 N–H and O–H groups in total. The van der Waals surface area contributed by atoms with Gasteiger partial charge in [0.2, 0.25) is 5.91 Å². The van der Waals surface area contributed by atoms with Crippen molar-refractivity contribution in [3.8, 4) is 0 Å². The summed E-state index contributed by atoms with van der Waals surface area (Å²) in [6.07, 6.45) is 1.71. The molecule has 0 spiro atoms. The van der Waals surface area contributed by atoms with Crippen molar-refractivity contribution in [2.45, 2.75) is 18.9 Å². The van der Waals surface area contributed by atoms with E-state index in [-0.39, 0.29) is 24.7 Å². The monoisotopic (exact) mass is 340 g/mol. The quantitative estimate of drug-likeness (QED) is 0.724. The van der Waals surface area contributed by atoms with Crippen LogP contribution in [0, 0.1) is 5.82 Å². The first-order valence-corrected chi connectivity index (χ1v) is 8.28. The highest BCUT2D eigenvalue weighted by atomic mass is 19.1. The molecule has 3 aromatic rings. The Kier molecular flexibility index (Phi) is 5.14. The minimum absolute atomic E-state index is 0.133. The number of nitrogens with one attached hydrogen (secondary N) is 1. The van der Waals surface area contributed by atoms with Crippen molar-refractivity contribution in [3.05, 3.63) is 71.7 Å². The maximum Gasteiger partial charge on any atom is 0.220 e. The van der Waals surface area contributed by atoms with Crippen molar-refractivity contribution in [2.75, 3.05) is 6.54 Å². The van der Waals surface area contributed by atoms with Crippen LogP contribution in [0.15, 0.2) is 54.7 Å². The lowest BCUT2D eigenvalue weighted by Crippen LogP contribution is -2.28. The number of halogens is 1. The third kappa shape index (κ3) is 4.06. The lowest BCUT2D eigenvalue weighted by molar-refractivity contribution is -0.121. The van der Waals surface area contributed by atoms with E-state index in [1.165, 1.54) is 6.07 Å². The van der Waals surface area contributed by atoms with E-state index in [1.54, 1.807) is 18.2 Å². The number of aromatic nitrogens is 1. The van der Waals surface area contributed by atoms with Crippen molar-refractivity contribution in [1.29, 1.82) is 0 Å². The average molecular weight is 340 g/mol. The van der Waals surface area contributed by atoms with Crippen molar-refractivity contribution in [2.24, 2.45) is 7.05 Å². The lowest BCUT2D eigenvalue weighted by atomic mass is 10.1. The fraction of sp³-hybridized carbons (Fsp3) is 0.250. The molecule has 0 aliphatic carbocycles. The maximum atomic E-state index is 13.5. The van der Waals surface area contributed by atoms with Crippen LogP contribution in [-0.2, 0) is 18.3 Å². The summed E-state index contributed by atoms with van der Waals surface area (Å²) in [6.45, 7) is 0.133. The molecule has 0 aliphatic rings. The number of nitrogens with zero attached hydrogens (tertiary/aromatic N) is 1. The number of aryl methyl sites for hydroxylation is 2. The van der Waals surface area contributed by atoms with E-state index in [0.717, 1.165) is 16.5 Å². The number of amides is 1. The minimum atomic E-state index is -0.776. The molecule has 0 saturated heterocycles. The van der Waals surface area contributed by atoms with Gasteiger partial charge in [-0.2, -0.15) is 0 Å². The summed E-state index contributed by atoms with van der Waals surface area (Å²) in [4.78, 5) is 11.9. The second-order valence-electron chi connectivity index (χ2n) is 6.16. The molecular formula is C20H21FN2O2. The van der Waals surface area contributed by atoms with Crippen LogP contribution in [0.5, 0.6) is 0 Å². The third-order valence-electron chi connectivity index (χ3n) is 4.37. The summed E-state index contributed by atoms with van der Waals surface area (Å²) in [6, 6.07) is 14.2. The van der Waals surface area contributed by atoms with Crippen LogP contribution in [0.25, 0.3) is 10.9 Å². The van der Waals surface area contributed by atoms with Gasteiger partial charge in [0, 0.05) is 31.7 Å². The molecule has 130 valence electrons. The zero-order valence-corrected chi connectivity index (χ0v) is 14.1. The Labute approximate surface area is 145 Å². The zero-order chi connectivity index (χ0) is 17.8. The smallest absolute Gasteiger partial charge is 0.220 e. The van der Waals surface area contributed by atoms with Gasteiger partial charge in [-0.1, -0.05) is 24.3 Å². The van der Waals surface area contributed by atoms with Gasteiger partial charge in [0.15, 0.2) is 0 Å². The number of hydrogen-bond donors (Lipinski definition) is 2. The van der Waals surface area contributed by atoms with Crippen LogP contribution in [0.2, 0.25) is 0 Å². The summed E-state index contributed by atoms with van der Waals surface area (Å²) >= 11 is 0. The summed E-state index contributed by atoms with van der Waals surface area (Å²) in [7, 11) is 1.97. The molecule has 5 heteroatoms. The van der Waals surface area contributed by atoms with Crippen LogP contribution in [-0.4, -0.2) is 22.1 Å². The molecule has 1 amide bonds. The number of aliphatic hydroxyl groups excluding tert-OH is 1. The number of carbonyl (C=O) groups is 1. The number of carbonyl (C=O) groups excluding carboxylic acids is 1. The van der Waals surface area contributed by atoms with Gasteiger partial charge in [0.05, 0.1) is 6.10 Å². The second kappa shape index (κ2) is 7.49.